The summed E-state index contributed by atoms with van der Waals surface area (Å²) < 4.78 is 16.7. The smallest absolute Gasteiger partial charge is 0.306 e. The van der Waals surface area contributed by atoms with Gasteiger partial charge in [0, 0.05) is 19.3 Å². The zero-order chi connectivity index (χ0) is 40.1. The molecule has 0 fully saturated rings. The molecule has 55 heavy (non-hydrogen) atoms. The van der Waals surface area contributed by atoms with E-state index in [-0.39, 0.29) is 31.1 Å². The van der Waals surface area contributed by atoms with E-state index in [0.717, 1.165) is 77.0 Å². The normalized spacial score (nSPS) is 12.1. The van der Waals surface area contributed by atoms with Gasteiger partial charge in [0.05, 0.1) is 0 Å². The number of ether oxygens (including phenoxy) is 3. The zero-order valence-electron chi connectivity index (χ0n) is 36.7. The maximum Gasteiger partial charge on any atom is 0.306 e. The molecular weight excluding hydrogens is 685 g/mol. The van der Waals surface area contributed by atoms with Gasteiger partial charge in [0.25, 0.3) is 0 Å². The molecule has 0 unspecified atom stereocenters. The van der Waals surface area contributed by atoms with Crippen LogP contribution in [0.1, 0.15) is 252 Å². The highest BCUT2D eigenvalue weighted by Crippen LogP contribution is 2.15. The van der Waals surface area contributed by atoms with E-state index in [2.05, 4.69) is 45.1 Å². The molecule has 0 N–H and O–H groups in total. The van der Waals surface area contributed by atoms with Gasteiger partial charge in [-0.1, -0.05) is 199 Å². The molecule has 0 bridgehead atoms. The third-order valence-corrected chi connectivity index (χ3v) is 10.4. The number of unbranched alkanes of at least 4 members (excludes halogenated alkanes) is 28. The molecule has 1 atom stereocenters. The number of esters is 3. The van der Waals surface area contributed by atoms with E-state index >= 15 is 0 Å². The molecule has 0 aliphatic heterocycles. The molecule has 0 aliphatic rings. The van der Waals surface area contributed by atoms with Crippen molar-refractivity contribution in [2.75, 3.05) is 13.2 Å². The van der Waals surface area contributed by atoms with Gasteiger partial charge in [0.1, 0.15) is 13.2 Å². The largest absolute Gasteiger partial charge is 0.462 e. The van der Waals surface area contributed by atoms with Gasteiger partial charge in [0.15, 0.2) is 6.10 Å². The molecule has 0 rings (SSSR count). The lowest BCUT2D eigenvalue weighted by Gasteiger charge is -2.18. The van der Waals surface area contributed by atoms with Gasteiger partial charge in [-0.05, 0) is 57.8 Å². The molecule has 322 valence electrons. The van der Waals surface area contributed by atoms with E-state index in [0.29, 0.717) is 19.3 Å². The minimum atomic E-state index is -0.772. The minimum absolute atomic E-state index is 0.0741. The van der Waals surface area contributed by atoms with Crippen LogP contribution in [0.2, 0.25) is 0 Å². The molecule has 0 saturated carbocycles. The van der Waals surface area contributed by atoms with E-state index in [1.54, 1.807) is 0 Å². The molecule has 6 heteroatoms. The van der Waals surface area contributed by atoms with Crippen LogP contribution >= 0.6 is 0 Å². The Morgan fingerprint density at radius 1 is 0.345 bits per heavy atom. The van der Waals surface area contributed by atoms with E-state index in [4.69, 9.17) is 14.2 Å². The molecule has 0 heterocycles. The molecular formula is C49H90O6. The first kappa shape index (κ1) is 52.9. The summed E-state index contributed by atoms with van der Waals surface area (Å²) in [4.78, 5) is 37.7. The van der Waals surface area contributed by atoms with Crippen LogP contribution < -0.4 is 0 Å². The minimum Gasteiger partial charge on any atom is -0.462 e. The molecule has 0 saturated heterocycles. The molecule has 0 spiro atoms. The molecule has 6 nitrogen and oxygen atoms in total. The molecule has 0 radical (unpaired) electrons. The third-order valence-electron chi connectivity index (χ3n) is 10.4. The second-order valence-corrected chi connectivity index (χ2v) is 16.0. The van der Waals surface area contributed by atoms with Gasteiger partial charge in [0.2, 0.25) is 0 Å². The van der Waals surface area contributed by atoms with Crippen molar-refractivity contribution < 1.29 is 28.6 Å². The maximum atomic E-state index is 12.7. The van der Waals surface area contributed by atoms with Gasteiger partial charge < -0.3 is 14.2 Å². The van der Waals surface area contributed by atoms with E-state index in [1.165, 1.54) is 135 Å². The van der Waals surface area contributed by atoms with Crippen molar-refractivity contribution in [3.8, 4) is 0 Å². The van der Waals surface area contributed by atoms with Crippen molar-refractivity contribution in [3.05, 3.63) is 24.3 Å². The first-order valence-electron chi connectivity index (χ1n) is 23.8. The fourth-order valence-electron chi connectivity index (χ4n) is 6.76. The van der Waals surface area contributed by atoms with Crippen molar-refractivity contribution in [2.45, 2.75) is 258 Å². The monoisotopic (exact) mass is 775 g/mol. The molecule has 0 aromatic rings. The molecule has 0 aromatic heterocycles. The lowest BCUT2D eigenvalue weighted by atomic mass is 10.0. The van der Waals surface area contributed by atoms with Gasteiger partial charge in [-0.15, -0.1) is 0 Å². The Bertz CT molecular complexity index is 896. The average Bonchev–Trinajstić information content (AvgIpc) is 3.18. The zero-order valence-corrected chi connectivity index (χ0v) is 36.7. The van der Waals surface area contributed by atoms with Crippen molar-refractivity contribution >= 4 is 17.9 Å². The summed E-state index contributed by atoms with van der Waals surface area (Å²) >= 11 is 0. The standard InChI is InChI=1S/C49H90O6/c1-4-7-10-13-16-19-22-23-24-25-28-30-33-36-39-42-48(51)54-45-46(55-49(52)43-40-37-34-31-27-21-18-15-12-9-6-3)44-53-47(50)41-38-35-32-29-26-20-17-14-11-8-5-2/h14-15,17-18,46H,4-13,16,19-45H2,1-3H3/b17-14-,18-15-/t46-/m1/s1. The first-order chi connectivity index (χ1) is 27.0. The van der Waals surface area contributed by atoms with E-state index < -0.39 is 6.10 Å². The van der Waals surface area contributed by atoms with Crippen LogP contribution in [-0.2, 0) is 28.6 Å². The van der Waals surface area contributed by atoms with E-state index in [1.807, 2.05) is 0 Å². The number of carbonyl (C=O) groups excluding carboxylic acids is 3. The van der Waals surface area contributed by atoms with Crippen molar-refractivity contribution in [1.29, 1.82) is 0 Å². The highest BCUT2D eigenvalue weighted by molar-refractivity contribution is 5.71. The second-order valence-electron chi connectivity index (χ2n) is 16.0. The lowest BCUT2D eigenvalue weighted by Crippen LogP contribution is -2.30. The van der Waals surface area contributed by atoms with Crippen LogP contribution in [0.15, 0.2) is 24.3 Å². The number of allylic oxidation sites excluding steroid dienone is 4. The van der Waals surface area contributed by atoms with Gasteiger partial charge in [-0.3, -0.25) is 14.4 Å². The Balaban J connectivity index is 4.33. The summed E-state index contributed by atoms with van der Waals surface area (Å²) in [7, 11) is 0. The fourth-order valence-corrected chi connectivity index (χ4v) is 6.76. The first-order valence-corrected chi connectivity index (χ1v) is 23.8. The van der Waals surface area contributed by atoms with E-state index in [9.17, 15) is 14.4 Å². The van der Waals surface area contributed by atoms with Gasteiger partial charge in [-0.25, -0.2) is 0 Å². The predicted octanol–water partition coefficient (Wildman–Crippen LogP) is 15.2. The van der Waals surface area contributed by atoms with Crippen LogP contribution in [0, 0.1) is 0 Å². The molecule has 0 amide bonds. The average molecular weight is 775 g/mol. The van der Waals surface area contributed by atoms with Gasteiger partial charge >= 0.3 is 17.9 Å². The second kappa shape index (κ2) is 44.6. The highest BCUT2D eigenvalue weighted by Gasteiger charge is 2.19. The van der Waals surface area contributed by atoms with Crippen LogP contribution in [0.4, 0.5) is 0 Å². The van der Waals surface area contributed by atoms with Crippen LogP contribution in [0.25, 0.3) is 0 Å². The maximum absolute atomic E-state index is 12.7. The quantitative estimate of drug-likeness (QED) is 0.0266. The number of rotatable bonds is 43. The Kier molecular flexibility index (Phi) is 42.9. The van der Waals surface area contributed by atoms with Crippen molar-refractivity contribution in [1.82, 2.24) is 0 Å². The summed E-state index contributed by atoms with van der Waals surface area (Å²) in [5.41, 5.74) is 0. The van der Waals surface area contributed by atoms with Crippen LogP contribution in [-0.4, -0.2) is 37.2 Å². The highest BCUT2D eigenvalue weighted by atomic mass is 16.6. The Morgan fingerprint density at radius 2 is 0.618 bits per heavy atom. The number of carbonyl (C=O) groups is 3. The molecule has 0 aromatic carbocycles. The third kappa shape index (κ3) is 42.9. The Hall–Kier alpha value is -2.11. The summed E-state index contributed by atoms with van der Waals surface area (Å²) in [6.07, 6.45) is 48.7. The lowest BCUT2D eigenvalue weighted by molar-refractivity contribution is -0.167. The number of hydrogen-bond donors (Lipinski definition) is 0. The van der Waals surface area contributed by atoms with Crippen LogP contribution in [0.3, 0.4) is 0 Å². The summed E-state index contributed by atoms with van der Waals surface area (Å²) in [5.74, 6) is -0.887. The van der Waals surface area contributed by atoms with Crippen LogP contribution in [0.5, 0.6) is 0 Å². The van der Waals surface area contributed by atoms with Crippen molar-refractivity contribution in [3.63, 3.8) is 0 Å². The molecule has 0 aliphatic carbocycles. The SMILES string of the molecule is CCCC/C=C\CCCCCCCC(=O)OC[C@H](COC(=O)CCCCCCCCCCCCCCCCC)OC(=O)CCCCCCC/C=C\CCCC. The summed E-state index contributed by atoms with van der Waals surface area (Å²) in [6, 6.07) is 0. The summed E-state index contributed by atoms with van der Waals surface area (Å²) in [6.45, 7) is 6.56. The summed E-state index contributed by atoms with van der Waals surface area (Å²) in [5, 5.41) is 0. The fraction of sp³-hybridized carbons (Fsp3) is 0.857. The predicted molar refractivity (Wildman–Crippen MR) is 233 cm³/mol. The van der Waals surface area contributed by atoms with Crippen molar-refractivity contribution in [2.24, 2.45) is 0 Å². The Morgan fingerprint density at radius 3 is 0.964 bits per heavy atom. The van der Waals surface area contributed by atoms with Gasteiger partial charge in [-0.2, -0.15) is 0 Å². The number of hydrogen-bond acceptors (Lipinski definition) is 6. The Labute approximate surface area is 341 Å². The topological polar surface area (TPSA) is 78.9 Å².